The number of methoxy groups -OCH3 is 1. The molecule has 2 heterocycles. The molecule has 1 aromatic heterocycles. The molecule has 0 fully saturated rings. The summed E-state index contributed by atoms with van der Waals surface area (Å²) in [6.07, 6.45) is 1.39. The van der Waals surface area contributed by atoms with Gasteiger partial charge in [-0.3, -0.25) is 5.10 Å². The maximum absolute atomic E-state index is 14.0. The van der Waals surface area contributed by atoms with E-state index in [1.165, 1.54) is 0 Å². The first-order chi connectivity index (χ1) is 16.1. The minimum atomic E-state index is -4.57. The number of hydrogen-bond acceptors (Lipinski definition) is 5. The summed E-state index contributed by atoms with van der Waals surface area (Å²) < 4.78 is 52.5. The van der Waals surface area contributed by atoms with Crippen LogP contribution in [0.4, 0.5) is 13.2 Å². The van der Waals surface area contributed by atoms with E-state index < -0.39 is 17.2 Å². The van der Waals surface area contributed by atoms with E-state index >= 15 is 0 Å². The molecule has 1 unspecified atom stereocenters. The summed E-state index contributed by atoms with van der Waals surface area (Å²) >= 11 is 0. The largest absolute Gasteiger partial charge is 0.420 e. The number of benzene rings is 1. The maximum Gasteiger partial charge on any atom is 0.416 e. The Labute approximate surface area is 197 Å². The quantitative estimate of drug-likeness (QED) is 0.486. The van der Waals surface area contributed by atoms with E-state index in [9.17, 15) is 18.4 Å². The van der Waals surface area contributed by atoms with Crippen molar-refractivity contribution in [2.24, 2.45) is 11.7 Å². The van der Waals surface area contributed by atoms with E-state index in [0.717, 1.165) is 25.0 Å². The number of alkyl halides is 3. The topological polar surface area (TPSA) is 96.9 Å². The first kappa shape index (κ1) is 25.4. The predicted molar refractivity (Wildman–Crippen MR) is 123 cm³/mol. The number of halogens is 3. The minimum Gasteiger partial charge on any atom is -0.420 e. The van der Waals surface area contributed by atoms with Gasteiger partial charge < -0.3 is 15.2 Å². The van der Waals surface area contributed by atoms with Crippen molar-refractivity contribution in [3.05, 3.63) is 63.7 Å². The summed E-state index contributed by atoms with van der Waals surface area (Å²) in [5.41, 5.74) is 5.90. The van der Waals surface area contributed by atoms with Crippen molar-refractivity contribution in [2.45, 2.75) is 51.6 Å². The second-order valence-corrected chi connectivity index (χ2v) is 8.68. The van der Waals surface area contributed by atoms with Crippen molar-refractivity contribution in [3.8, 4) is 11.9 Å². The highest BCUT2D eigenvalue weighted by atomic mass is 19.4. The highest BCUT2D eigenvalue weighted by Crippen LogP contribution is 2.53. The summed E-state index contributed by atoms with van der Waals surface area (Å²) in [7, 11) is 1.63. The van der Waals surface area contributed by atoms with Crippen LogP contribution in [0, 0.1) is 24.2 Å². The number of aromatic amines is 1. The fraction of sp³-hybridized carbons (Fsp3) is 0.440. The molecule has 1 aromatic carbocycles. The molecule has 182 valence electrons. The second-order valence-electron chi connectivity index (χ2n) is 8.68. The Morgan fingerprint density at radius 1 is 1.29 bits per heavy atom. The Balaban J connectivity index is 2.24. The number of H-pyrrole nitrogens is 1. The van der Waals surface area contributed by atoms with Gasteiger partial charge in [-0.1, -0.05) is 32.1 Å². The molecule has 0 bridgehead atoms. The Bertz CT molecular complexity index is 1140. The number of aromatic nitrogens is 2. The summed E-state index contributed by atoms with van der Waals surface area (Å²) in [6.45, 7) is 6.07. The molecular formula is C25H29F3N4O2. The number of aryl methyl sites for hydroxylation is 1. The van der Waals surface area contributed by atoms with E-state index in [1.807, 2.05) is 19.9 Å². The lowest BCUT2D eigenvalue weighted by Crippen LogP contribution is -2.41. The molecule has 1 aliphatic rings. The predicted octanol–water partition coefficient (Wildman–Crippen LogP) is 5.60. The highest BCUT2D eigenvalue weighted by molar-refractivity contribution is 5.64. The molecule has 1 atom stereocenters. The van der Waals surface area contributed by atoms with Crippen LogP contribution in [-0.4, -0.2) is 23.9 Å². The smallest absolute Gasteiger partial charge is 0.416 e. The lowest BCUT2D eigenvalue weighted by atomic mass is 9.61. The zero-order valence-electron chi connectivity index (χ0n) is 19.7. The normalized spacial score (nSPS) is 18.3. The van der Waals surface area contributed by atoms with Crippen LogP contribution in [0.2, 0.25) is 0 Å². The standard InChI is InChI=1S/C25H29F3N4O2/c1-15(2)24(20(14-29)22(30)34-23-21(24)16(3)31-32-23)18-11-17(9-7-5-6-8-10-33-4)12-19(13-18)25(26,27)28/h7,9,11-13,15H,5-6,8,10,30H2,1-4H3,(H,31,32)/b9-7+. The van der Waals surface area contributed by atoms with Crippen LogP contribution < -0.4 is 10.5 Å². The fourth-order valence-corrected chi connectivity index (χ4v) is 4.63. The Morgan fingerprint density at radius 2 is 2.03 bits per heavy atom. The van der Waals surface area contributed by atoms with Gasteiger partial charge in [0.05, 0.1) is 16.5 Å². The number of nitrogens with zero attached hydrogens (tertiary/aromatic N) is 2. The number of allylic oxidation sites excluding steroid dienone is 2. The summed E-state index contributed by atoms with van der Waals surface area (Å²) in [5, 5.41) is 17.0. The third-order valence-electron chi connectivity index (χ3n) is 6.15. The van der Waals surface area contributed by atoms with Crippen molar-refractivity contribution in [2.75, 3.05) is 13.7 Å². The Morgan fingerprint density at radius 3 is 2.65 bits per heavy atom. The lowest BCUT2D eigenvalue weighted by Gasteiger charge is -2.41. The molecular weight excluding hydrogens is 445 g/mol. The van der Waals surface area contributed by atoms with E-state index in [0.29, 0.717) is 35.4 Å². The molecule has 0 saturated heterocycles. The Kier molecular flexibility index (Phi) is 7.41. The van der Waals surface area contributed by atoms with Gasteiger partial charge in [0.25, 0.3) is 0 Å². The monoisotopic (exact) mass is 474 g/mol. The molecule has 3 N–H and O–H groups in total. The summed E-state index contributed by atoms with van der Waals surface area (Å²) in [4.78, 5) is 0. The van der Waals surface area contributed by atoms with Gasteiger partial charge >= 0.3 is 6.18 Å². The molecule has 6 nitrogen and oxygen atoms in total. The van der Waals surface area contributed by atoms with E-state index in [1.54, 1.807) is 26.2 Å². The average Bonchev–Trinajstić information content (AvgIpc) is 3.14. The first-order valence-electron chi connectivity index (χ1n) is 11.1. The van der Waals surface area contributed by atoms with Crippen LogP contribution in [0.1, 0.15) is 61.1 Å². The lowest BCUT2D eigenvalue weighted by molar-refractivity contribution is -0.137. The van der Waals surface area contributed by atoms with E-state index in [4.69, 9.17) is 15.2 Å². The van der Waals surface area contributed by atoms with Gasteiger partial charge in [-0.2, -0.15) is 18.4 Å². The van der Waals surface area contributed by atoms with Crippen LogP contribution in [0.3, 0.4) is 0 Å². The first-order valence-corrected chi connectivity index (χ1v) is 11.1. The van der Waals surface area contributed by atoms with Crippen LogP contribution in [0.5, 0.6) is 5.88 Å². The van der Waals surface area contributed by atoms with E-state index in [-0.39, 0.29) is 23.3 Å². The number of nitrogens with one attached hydrogen (secondary N) is 1. The molecule has 0 spiro atoms. The number of rotatable bonds is 8. The number of fused-ring (bicyclic) bond motifs is 1. The number of nitrogens with two attached hydrogens (primary N) is 1. The highest BCUT2D eigenvalue weighted by Gasteiger charge is 2.51. The van der Waals surface area contributed by atoms with Gasteiger partial charge in [0.15, 0.2) is 0 Å². The van der Waals surface area contributed by atoms with Gasteiger partial charge in [0.1, 0.15) is 11.6 Å². The molecule has 0 radical (unpaired) electrons. The van der Waals surface area contributed by atoms with Gasteiger partial charge in [0, 0.05) is 19.4 Å². The number of unbranched alkanes of at least 4 members (excludes halogenated alkanes) is 2. The van der Waals surface area contributed by atoms with Crippen LogP contribution in [-0.2, 0) is 16.3 Å². The van der Waals surface area contributed by atoms with Crippen LogP contribution >= 0.6 is 0 Å². The molecule has 0 aliphatic carbocycles. The third kappa shape index (κ3) is 4.55. The van der Waals surface area contributed by atoms with Crippen LogP contribution in [0.25, 0.3) is 6.08 Å². The van der Waals surface area contributed by atoms with Crippen LogP contribution in [0.15, 0.2) is 35.7 Å². The van der Waals surface area contributed by atoms with Crippen molar-refractivity contribution >= 4 is 6.08 Å². The zero-order valence-corrected chi connectivity index (χ0v) is 19.7. The zero-order chi connectivity index (χ0) is 25.1. The van der Waals surface area contributed by atoms with E-state index in [2.05, 4.69) is 16.3 Å². The fourth-order valence-electron chi connectivity index (χ4n) is 4.63. The van der Waals surface area contributed by atoms with Gasteiger partial charge in [-0.05, 0) is 55.4 Å². The third-order valence-corrected chi connectivity index (χ3v) is 6.15. The molecule has 2 aromatic rings. The molecule has 34 heavy (non-hydrogen) atoms. The number of nitriles is 1. The average molecular weight is 475 g/mol. The van der Waals surface area contributed by atoms with Gasteiger partial charge in [-0.25, -0.2) is 0 Å². The number of hydrogen-bond donors (Lipinski definition) is 2. The van der Waals surface area contributed by atoms with Gasteiger partial charge in [0.2, 0.25) is 11.8 Å². The molecule has 9 heteroatoms. The number of ether oxygens (including phenoxy) is 2. The molecule has 3 rings (SSSR count). The second kappa shape index (κ2) is 9.94. The molecule has 0 saturated carbocycles. The summed E-state index contributed by atoms with van der Waals surface area (Å²) in [5.74, 6) is -0.341. The van der Waals surface area contributed by atoms with Gasteiger partial charge in [-0.15, -0.1) is 5.10 Å². The van der Waals surface area contributed by atoms with Crippen molar-refractivity contribution in [1.82, 2.24) is 10.2 Å². The SMILES string of the molecule is COCCCC/C=C/c1cc(C(F)(F)F)cc(C2(C(C)C)C(C#N)=C(N)Oc3n[nH]c(C)c32)c1. The van der Waals surface area contributed by atoms with Crippen molar-refractivity contribution in [1.29, 1.82) is 5.26 Å². The molecule has 1 aliphatic heterocycles. The maximum atomic E-state index is 14.0. The molecule has 0 amide bonds. The Hall–Kier alpha value is -3.25. The summed E-state index contributed by atoms with van der Waals surface area (Å²) in [6, 6.07) is 6.01. The van der Waals surface area contributed by atoms with Crippen molar-refractivity contribution < 1.29 is 22.6 Å². The minimum absolute atomic E-state index is 0.0633. The van der Waals surface area contributed by atoms with Crippen molar-refractivity contribution in [3.63, 3.8) is 0 Å².